The van der Waals surface area contributed by atoms with Gasteiger partial charge in [-0.25, -0.2) is 0 Å². The molecular formula is C21H23N3O2. The molecule has 2 aromatic carbocycles. The summed E-state index contributed by atoms with van der Waals surface area (Å²) in [5.41, 5.74) is 2.91. The van der Waals surface area contributed by atoms with E-state index in [1.165, 1.54) is 0 Å². The van der Waals surface area contributed by atoms with Crippen LogP contribution in [0.15, 0.2) is 48.5 Å². The fraction of sp³-hybridized carbons (Fsp3) is 0.333. The lowest BCUT2D eigenvalue weighted by Crippen LogP contribution is -2.57. The minimum atomic E-state index is -0.159. The summed E-state index contributed by atoms with van der Waals surface area (Å²) in [7, 11) is 0. The Morgan fingerprint density at radius 2 is 1.96 bits per heavy atom. The topological polar surface area (TPSA) is 52.7 Å². The molecule has 1 N–H and O–H groups in total. The van der Waals surface area contributed by atoms with Gasteiger partial charge in [-0.1, -0.05) is 18.2 Å². The van der Waals surface area contributed by atoms with Crippen molar-refractivity contribution in [3.63, 3.8) is 0 Å². The first-order chi connectivity index (χ1) is 12.7. The van der Waals surface area contributed by atoms with E-state index in [9.17, 15) is 9.59 Å². The zero-order chi connectivity index (χ0) is 18.1. The van der Waals surface area contributed by atoms with Gasteiger partial charge >= 0.3 is 0 Å². The van der Waals surface area contributed by atoms with Gasteiger partial charge in [0.15, 0.2) is 0 Å². The Bertz CT molecular complexity index is 834. The highest BCUT2D eigenvalue weighted by Crippen LogP contribution is 2.35. The van der Waals surface area contributed by atoms with Gasteiger partial charge in [0.05, 0.1) is 11.3 Å². The van der Waals surface area contributed by atoms with Crippen molar-refractivity contribution in [3.8, 4) is 0 Å². The second-order valence-corrected chi connectivity index (χ2v) is 6.81. The molecule has 5 heteroatoms. The smallest absolute Gasteiger partial charge is 0.257 e. The van der Waals surface area contributed by atoms with Crippen molar-refractivity contribution in [2.75, 3.05) is 23.3 Å². The van der Waals surface area contributed by atoms with E-state index in [2.05, 4.69) is 17.1 Å². The van der Waals surface area contributed by atoms with Crippen molar-refractivity contribution in [1.82, 2.24) is 4.90 Å². The molecule has 0 saturated carbocycles. The summed E-state index contributed by atoms with van der Waals surface area (Å²) in [6, 6.07) is 14.8. The number of piperidine rings is 1. The average molecular weight is 349 g/mol. The molecule has 0 radical (unpaired) electrons. The summed E-state index contributed by atoms with van der Waals surface area (Å²) < 4.78 is 0. The van der Waals surface area contributed by atoms with Gasteiger partial charge in [-0.2, -0.15) is 0 Å². The molecule has 1 atom stereocenters. The first-order valence-electron chi connectivity index (χ1n) is 9.27. The van der Waals surface area contributed by atoms with Crippen LogP contribution in [0.5, 0.6) is 0 Å². The zero-order valence-corrected chi connectivity index (χ0v) is 14.9. The molecule has 2 aliphatic heterocycles. The Balaban J connectivity index is 1.67. The first kappa shape index (κ1) is 16.6. The third-order valence-corrected chi connectivity index (χ3v) is 5.26. The van der Waals surface area contributed by atoms with Crippen molar-refractivity contribution in [2.24, 2.45) is 0 Å². The molecule has 4 rings (SSSR count). The van der Waals surface area contributed by atoms with Crippen LogP contribution in [-0.4, -0.2) is 36.0 Å². The third kappa shape index (κ3) is 2.83. The SMILES string of the molecule is CCN1c2cc(C(=O)Nc3ccccc3)ccc2C(=O)N2CCCC[C@@H]21. The molecule has 2 aliphatic rings. The van der Waals surface area contributed by atoms with Gasteiger partial charge in [-0.3, -0.25) is 9.59 Å². The van der Waals surface area contributed by atoms with Crippen molar-refractivity contribution in [2.45, 2.75) is 32.4 Å². The van der Waals surface area contributed by atoms with Crippen molar-refractivity contribution >= 4 is 23.2 Å². The van der Waals surface area contributed by atoms with Gasteiger partial charge in [-0.15, -0.1) is 0 Å². The molecule has 0 bridgehead atoms. The summed E-state index contributed by atoms with van der Waals surface area (Å²) in [6.07, 6.45) is 3.29. The Morgan fingerprint density at radius 1 is 1.15 bits per heavy atom. The number of carbonyl (C=O) groups is 2. The van der Waals surface area contributed by atoms with Gasteiger partial charge in [0.25, 0.3) is 11.8 Å². The lowest BCUT2D eigenvalue weighted by molar-refractivity contribution is 0.0582. The van der Waals surface area contributed by atoms with Crippen LogP contribution in [-0.2, 0) is 0 Å². The number of amides is 2. The lowest BCUT2D eigenvalue weighted by atomic mass is 9.97. The molecule has 134 valence electrons. The van der Waals surface area contributed by atoms with E-state index in [-0.39, 0.29) is 18.0 Å². The molecule has 1 fully saturated rings. The normalized spacial score (nSPS) is 19.0. The predicted octanol–water partition coefficient (Wildman–Crippen LogP) is 3.73. The van der Waals surface area contributed by atoms with Crippen LogP contribution >= 0.6 is 0 Å². The Labute approximate surface area is 153 Å². The molecular weight excluding hydrogens is 326 g/mol. The lowest BCUT2D eigenvalue weighted by Gasteiger charge is -2.47. The molecule has 0 aromatic heterocycles. The summed E-state index contributed by atoms with van der Waals surface area (Å²) in [5, 5.41) is 2.91. The molecule has 2 amide bonds. The van der Waals surface area contributed by atoms with Gasteiger partial charge in [0, 0.05) is 24.3 Å². The number of para-hydroxylation sites is 1. The average Bonchev–Trinajstić information content (AvgIpc) is 2.69. The number of rotatable bonds is 3. The minimum Gasteiger partial charge on any atom is -0.351 e. The number of nitrogens with one attached hydrogen (secondary N) is 1. The number of nitrogens with zero attached hydrogens (tertiary/aromatic N) is 2. The van der Waals surface area contributed by atoms with Crippen LogP contribution in [0.2, 0.25) is 0 Å². The fourth-order valence-electron chi connectivity index (χ4n) is 3.99. The van der Waals surface area contributed by atoms with E-state index in [0.29, 0.717) is 11.1 Å². The van der Waals surface area contributed by atoms with Crippen molar-refractivity contribution in [3.05, 3.63) is 59.7 Å². The standard InChI is InChI=1S/C21H23N3O2/c1-2-23-18-14-15(20(25)22-16-8-4-3-5-9-16)11-12-17(18)21(26)24-13-7-6-10-19(23)24/h3-5,8-9,11-12,14,19H,2,6-7,10,13H2,1H3,(H,22,25)/t19-/m1/s1. The summed E-state index contributed by atoms with van der Waals surface area (Å²) in [6.45, 7) is 3.73. The molecule has 0 aliphatic carbocycles. The molecule has 1 saturated heterocycles. The second-order valence-electron chi connectivity index (χ2n) is 6.81. The number of hydrogen-bond acceptors (Lipinski definition) is 3. The van der Waals surface area contributed by atoms with E-state index in [1.54, 1.807) is 12.1 Å². The number of fused-ring (bicyclic) bond motifs is 2. The maximum Gasteiger partial charge on any atom is 0.257 e. The Morgan fingerprint density at radius 3 is 2.73 bits per heavy atom. The zero-order valence-electron chi connectivity index (χ0n) is 14.9. The van der Waals surface area contributed by atoms with Crippen LogP contribution < -0.4 is 10.2 Å². The van der Waals surface area contributed by atoms with Gasteiger partial charge in [0.2, 0.25) is 0 Å². The summed E-state index contributed by atoms with van der Waals surface area (Å²) >= 11 is 0. The second kappa shape index (κ2) is 6.83. The highest BCUT2D eigenvalue weighted by Gasteiger charge is 2.38. The Kier molecular flexibility index (Phi) is 4.37. The van der Waals surface area contributed by atoms with E-state index >= 15 is 0 Å². The van der Waals surface area contributed by atoms with Crippen LogP contribution in [0.1, 0.15) is 46.9 Å². The number of anilines is 2. The number of benzene rings is 2. The summed E-state index contributed by atoms with van der Waals surface area (Å²) in [4.78, 5) is 29.8. The molecule has 0 unspecified atom stereocenters. The highest BCUT2D eigenvalue weighted by molar-refractivity contribution is 6.08. The van der Waals surface area contributed by atoms with Crippen LogP contribution in [0, 0.1) is 0 Å². The monoisotopic (exact) mass is 349 g/mol. The largest absolute Gasteiger partial charge is 0.351 e. The maximum atomic E-state index is 12.9. The van der Waals surface area contributed by atoms with E-state index in [0.717, 1.165) is 43.7 Å². The maximum absolute atomic E-state index is 12.9. The van der Waals surface area contributed by atoms with E-state index in [1.807, 2.05) is 41.3 Å². The Hall–Kier alpha value is -2.82. The number of carbonyl (C=O) groups excluding carboxylic acids is 2. The van der Waals surface area contributed by atoms with Crippen LogP contribution in [0.25, 0.3) is 0 Å². The van der Waals surface area contributed by atoms with Gasteiger partial charge in [0.1, 0.15) is 6.17 Å². The van der Waals surface area contributed by atoms with Gasteiger partial charge in [-0.05, 0) is 56.5 Å². The van der Waals surface area contributed by atoms with Crippen LogP contribution in [0.4, 0.5) is 11.4 Å². The fourth-order valence-corrected chi connectivity index (χ4v) is 3.99. The quantitative estimate of drug-likeness (QED) is 0.919. The molecule has 0 spiro atoms. The third-order valence-electron chi connectivity index (χ3n) is 5.26. The number of hydrogen-bond donors (Lipinski definition) is 1. The summed E-state index contributed by atoms with van der Waals surface area (Å²) in [5.74, 6) is -0.0713. The van der Waals surface area contributed by atoms with Crippen molar-refractivity contribution in [1.29, 1.82) is 0 Å². The minimum absolute atomic E-state index is 0.0874. The van der Waals surface area contributed by atoms with E-state index in [4.69, 9.17) is 0 Å². The highest BCUT2D eigenvalue weighted by atomic mass is 16.2. The molecule has 26 heavy (non-hydrogen) atoms. The van der Waals surface area contributed by atoms with Crippen molar-refractivity contribution < 1.29 is 9.59 Å². The predicted molar refractivity (Wildman–Crippen MR) is 103 cm³/mol. The molecule has 5 nitrogen and oxygen atoms in total. The van der Waals surface area contributed by atoms with Crippen LogP contribution in [0.3, 0.4) is 0 Å². The van der Waals surface area contributed by atoms with Gasteiger partial charge < -0.3 is 15.1 Å². The molecule has 2 heterocycles. The first-order valence-corrected chi connectivity index (χ1v) is 9.27. The van der Waals surface area contributed by atoms with E-state index < -0.39 is 0 Å². The molecule has 2 aromatic rings.